The minimum atomic E-state index is -0.385. The molecule has 0 spiro atoms. The number of ether oxygens (including phenoxy) is 1. The Morgan fingerprint density at radius 3 is 2.77 bits per heavy atom. The topological polar surface area (TPSA) is 90.6 Å². The first-order valence-electron chi connectivity index (χ1n) is 7.66. The fraction of sp³-hybridized carbons (Fsp3) is 0.643. The van der Waals surface area contributed by atoms with E-state index in [9.17, 15) is 9.59 Å². The van der Waals surface area contributed by atoms with Gasteiger partial charge in [0.05, 0.1) is 18.6 Å². The number of fused-ring (bicyclic) bond motifs is 1. The van der Waals surface area contributed by atoms with Gasteiger partial charge in [-0.3, -0.25) is 4.79 Å². The molecule has 0 aromatic carbocycles. The molecule has 0 bridgehead atoms. The Kier molecular flexibility index (Phi) is 4.28. The quantitative estimate of drug-likeness (QED) is 0.796. The summed E-state index contributed by atoms with van der Waals surface area (Å²) < 4.78 is 4.99. The molecular weight excluding hydrogens is 286 g/mol. The van der Waals surface area contributed by atoms with Crippen LogP contribution in [0.1, 0.15) is 24.4 Å². The maximum atomic E-state index is 12.7. The first-order valence-corrected chi connectivity index (χ1v) is 7.66. The predicted octanol–water partition coefficient (Wildman–Crippen LogP) is -0.103. The van der Waals surface area contributed by atoms with Crippen LogP contribution in [0.15, 0.2) is 6.33 Å². The number of hydrogen-bond acceptors (Lipinski definition) is 5. The highest BCUT2D eigenvalue weighted by Gasteiger charge is 2.33. The number of carbonyl (C=O) groups is 2. The van der Waals surface area contributed by atoms with Crippen molar-refractivity contribution in [3.05, 3.63) is 17.7 Å². The largest absolute Gasteiger partial charge is 0.450 e. The van der Waals surface area contributed by atoms with Gasteiger partial charge in [0.25, 0.3) is 0 Å². The number of hydrogen-bond donors (Lipinski definition) is 2. The molecule has 3 rings (SSSR count). The lowest BCUT2D eigenvalue weighted by Gasteiger charge is -2.36. The van der Waals surface area contributed by atoms with E-state index in [1.807, 2.05) is 0 Å². The maximum Gasteiger partial charge on any atom is 0.409 e. The molecule has 1 fully saturated rings. The van der Waals surface area contributed by atoms with Gasteiger partial charge >= 0.3 is 6.09 Å². The van der Waals surface area contributed by atoms with Crippen LogP contribution in [0.5, 0.6) is 0 Å². The minimum absolute atomic E-state index is 0.0246. The number of piperazine rings is 1. The molecule has 2 aliphatic heterocycles. The van der Waals surface area contributed by atoms with Crippen molar-refractivity contribution in [1.29, 1.82) is 0 Å². The number of aromatic amines is 1. The van der Waals surface area contributed by atoms with Crippen LogP contribution >= 0.6 is 0 Å². The molecule has 120 valence electrons. The fourth-order valence-electron chi connectivity index (χ4n) is 2.93. The molecule has 1 aromatic heterocycles. The lowest BCUT2D eigenvalue weighted by atomic mass is 10.0. The monoisotopic (exact) mass is 307 g/mol. The van der Waals surface area contributed by atoms with E-state index in [2.05, 4.69) is 15.3 Å². The van der Waals surface area contributed by atoms with Crippen molar-refractivity contribution < 1.29 is 14.3 Å². The second kappa shape index (κ2) is 6.35. The normalized spacial score (nSPS) is 21.4. The van der Waals surface area contributed by atoms with Crippen molar-refractivity contribution >= 4 is 12.0 Å². The zero-order valence-electron chi connectivity index (χ0n) is 12.7. The zero-order valence-corrected chi connectivity index (χ0v) is 12.7. The number of aromatic nitrogens is 2. The number of nitrogens with one attached hydrogen (secondary N) is 2. The minimum Gasteiger partial charge on any atom is -0.450 e. The maximum absolute atomic E-state index is 12.7. The lowest BCUT2D eigenvalue weighted by molar-refractivity contribution is -0.135. The summed E-state index contributed by atoms with van der Waals surface area (Å²) in [5.74, 6) is 0.0246. The van der Waals surface area contributed by atoms with Crippen molar-refractivity contribution in [2.45, 2.75) is 19.4 Å². The van der Waals surface area contributed by atoms with Crippen molar-refractivity contribution in [2.75, 3.05) is 39.3 Å². The summed E-state index contributed by atoms with van der Waals surface area (Å²) >= 11 is 0. The standard InChI is InChI=1S/C14H21N5O3/c1-2-22-14(21)19-7-5-18(6-8-19)13(20)12-11-10(3-4-15-12)16-9-17-11/h9,12,15H,2-8H2,1H3,(H,16,17). The van der Waals surface area contributed by atoms with Crippen LogP contribution in [-0.4, -0.2) is 71.1 Å². The molecule has 2 amide bonds. The molecular formula is C14H21N5O3. The molecule has 8 nitrogen and oxygen atoms in total. The third-order valence-corrected chi connectivity index (χ3v) is 4.11. The molecule has 22 heavy (non-hydrogen) atoms. The Labute approximate surface area is 128 Å². The fourth-order valence-corrected chi connectivity index (χ4v) is 2.93. The van der Waals surface area contributed by atoms with Gasteiger partial charge in [-0.1, -0.05) is 0 Å². The first-order chi connectivity index (χ1) is 10.7. The summed E-state index contributed by atoms with van der Waals surface area (Å²) in [6.45, 7) is 4.97. The summed E-state index contributed by atoms with van der Waals surface area (Å²) in [5.41, 5.74) is 1.83. The van der Waals surface area contributed by atoms with Crippen LogP contribution in [0.4, 0.5) is 4.79 Å². The summed E-state index contributed by atoms with van der Waals surface area (Å²) in [5, 5.41) is 3.23. The Bertz CT molecular complexity index is 550. The molecule has 0 saturated carbocycles. The Morgan fingerprint density at radius 2 is 2.05 bits per heavy atom. The molecule has 1 atom stereocenters. The van der Waals surface area contributed by atoms with Gasteiger partial charge in [-0.05, 0) is 6.92 Å². The van der Waals surface area contributed by atoms with Crippen LogP contribution in [0, 0.1) is 0 Å². The van der Waals surface area contributed by atoms with Crippen molar-refractivity contribution in [3.8, 4) is 0 Å². The molecule has 1 aromatic rings. The van der Waals surface area contributed by atoms with Crippen LogP contribution in [0.3, 0.4) is 0 Å². The van der Waals surface area contributed by atoms with Gasteiger partial charge in [0.2, 0.25) is 5.91 Å². The molecule has 2 aliphatic rings. The number of carbonyl (C=O) groups excluding carboxylic acids is 2. The number of amides is 2. The average Bonchev–Trinajstić information content (AvgIpc) is 3.03. The van der Waals surface area contributed by atoms with Crippen LogP contribution < -0.4 is 5.32 Å². The SMILES string of the molecule is CCOC(=O)N1CCN(C(=O)C2NCCc3[nH]cnc32)CC1. The first kappa shape index (κ1) is 14.8. The third kappa shape index (κ3) is 2.78. The highest BCUT2D eigenvalue weighted by Crippen LogP contribution is 2.22. The second-order valence-corrected chi connectivity index (χ2v) is 5.41. The van der Waals surface area contributed by atoms with E-state index in [-0.39, 0.29) is 18.0 Å². The Morgan fingerprint density at radius 1 is 1.32 bits per heavy atom. The van der Waals surface area contributed by atoms with E-state index in [4.69, 9.17) is 4.74 Å². The van der Waals surface area contributed by atoms with Gasteiger partial charge in [0.1, 0.15) is 6.04 Å². The summed E-state index contributed by atoms with van der Waals surface area (Å²) in [4.78, 5) is 35.2. The van der Waals surface area contributed by atoms with Gasteiger partial charge in [0, 0.05) is 44.8 Å². The van der Waals surface area contributed by atoms with E-state index < -0.39 is 0 Å². The third-order valence-electron chi connectivity index (χ3n) is 4.11. The Hall–Kier alpha value is -2.09. The zero-order chi connectivity index (χ0) is 15.5. The Balaban J connectivity index is 1.60. The van der Waals surface area contributed by atoms with Crippen LogP contribution in [-0.2, 0) is 16.0 Å². The lowest BCUT2D eigenvalue weighted by Crippen LogP contribution is -2.53. The highest BCUT2D eigenvalue weighted by atomic mass is 16.6. The van der Waals surface area contributed by atoms with Crippen LogP contribution in [0.2, 0.25) is 0 Å². The van der Waals surface area contributed by atoms with Crippen molar-refractivity contribution in [1.82, 2.24) is 25.1 Å². The average molecular weight is 307 g/mol. The smallest absolute Gasteiger partial charge is 0.409 e. The van der Waals surface area contributed by atoms with E-state index in [0.29, 0.717) is 32.8 Å². The highest BCUT2D eigenvalue weighted by molar-refractivity contribution is 5.83. The van der Waals surface area contributed by atoms with E-state index >= 15 is 0 Å². The van der Waals surface area contributed by atoms with E-state index in [1.54, 1.807) is 23.1 Å². The molecule has 2 N–H and O–H groups in total. The summed E-state index contributed by atoms with van der Waals surface area (Å²) in [6, 6.07) is -0.385. The molecule has 3 heterocycles. The predicted molar refractivity (Wildman–Crippen MR) is 78.2 cm³/mol. The molecule has 1 saturated heterocycles. The van der Waals surface area contributed by atoms with E-state index in [1.165, 1.54) is 0 Å². The molecule has 0 aliphatic carbocycles. The molecule has 8 heteroatoms. The number of nitrogens with zero attached hydrogens (tertiary/aromatic N) is 3. The van der Waals surface area contributed by atoms with Gasteiger partial charge in [-0.15, -0.1) is 0 Å². The van der Waals surface area contributed by atoms with Crippen molar-refractivity contribution in [3.63, 3.8) is 0 Å². The second-order valence-electron chi connectivity index (χ2n) is 5.41. The number of rotatable bonds is 2. The van der Waals surface area contributed by atoms with Crippen LogP contribution in [0.25, 0.3) is 0 Å². The van der Waals surface area contributed by atoms with Crippen molar-refractivity contribution in [2.24, 2.45) is 0 Å². The molecule has 0 radical (unpaired) electrons. The van der Waals surface area contributed by atoms with Gasteiger partial charge in [0.15, 0.2) is 0 Å². The number of imidazole rings is 1. The van der Waals surface area contributed by atoms with Gasteiger partial charge in [-0.2, -0.15) is 0 Å². The summed E-state index contributed by atoms with van der Waals surface area (Å²) in [7, 11) is 0. The van der Waals surface area contributed by atoms with Gasteiger partial charge < -0.3 is 24.8 Å². The molecule has 1 unspecified atom stereocenters. The summed E-state index contributed by atoms with van der Waals surface area (Å²) in [6.07, 6.45) is 2.19. The van der Waals surface area contributed by atoms with Gasteiger partial charge in [-0.25, -0.2) is 9.78 Å². The van der Waals surface area contributed by atoms with E-state index in [0.717, 1.165) is 24.4 Å². The number of H-pyrrole nitrogens is 1.